The van der Waals surface area contributed by atoms with Gasteiger partial charge in [-0.2, -0.15) is 5.10 Å². The highest BCUT2D eigenvalue weighted by molar-refractivity contribution is 6.04. The Kier molecular flexibility index (Phi) is 7.88. The highest BCUT2D eigenvalue weighted by atomic mass is 16.1. The molecule has 2 N–H and O–H groups in total. The van der Waals surface area contributed by atoms with Crippen molar-refractivity contribution in [2.24, 2.45) is 0 Å². The van der Waals surface area contributed by atoms with Crippen LogP contribution in [0.3, 0.4) is 0 Å². The zero-order valence-electron chi connectivity index (χ0n) is 20.7. The number of amides is 1. The number of hydrogen-bond acceptors (Lipinski definition) is 4. The summed E-state index contributed by atoms with van der Waals surface area (Å²) in [6.07, 6.45) is 14.1. The lowest BCUT2D eigenvalue weighted by Crippen LogP contribution is -2.30. The van der Waals surface area contributed by atoms with E-state index in [1.807, 2.05) is 65.4 Å². The van der Waals surface area contributed by atoms with Gasteiger partial charge in [-0.15, -0.1) is 0 Å². The predicted octanol–water partition coefficient (Wildman–Crippen LogP) is 5.71. The van der Waals surface area contributed by atoms with E-state index in [9.17, 15) is 4.79 Å². The van der Waals surface area contributed by atoms with Gasteiger partial charge in [-0.3, -0.25) is 19.8 Å². The van der Waals surface area contributed by atoms with Crippen molar-refractivity contribution in [1.29, 1.82) is 0 Å². The molecule has 2 aromatic carbocycles. The van der Waals surface area contributed by atoms with Crippen molar-refractivity contribution in [3.8, 4) is 16.8 Å². The molecule has 1 aliphatic heterocycles. The number of benzene rings is 2. The third-order valence-electron chi connectivity index (χ3n) is 6.83. The highest BCUT2D eigenvalue weighted by Crippen LogP contribution is 2.22. The van der Waals surface area contributed by atoms with Crippen LogP contribution >= 0.6 is 0 Å². The molecule has 4 aromatic rings. The lowest BCUT2D eigenvalue weighted by atomic mass is 10.1. The summed E-state index contributed by atoms with van der Waals surface area (Å²) in [6.45, 7) is 3.72. The van der Waals surface area contributed by atoms with Crippen LogP contribution in [-0.4, -0.2) is 50.2 Å². The molecular formula is C29H34N6O. The Bertz CT molecular complexity index is 1240. The first-order valence-electron chi connectivity index (χ1n) is 13.0. The molecule has 7 nitrogen and oxygen atoms in total. The number of nitrogens with one attached hydrogen (secondary N) is 2. The summed E-state index contributed by atoms with van der Waals surface area (Å²) < 4.78 is 1.97. The maximum Gasteiger partial charge on any atom is 0.258 e. The third kappa shape index (κ3) is 6.10. The summed E-state index contributed by atoms with van der Waals surface area (Å²) >= 11 is 0. The normalized spacial score (nSPS) is 14.1. The molecule has 0 radical (unpaired) electrons. The summed E-state index contributed by atoms with van der Waals surface area (Å²) in [5, 5.41) is 9.87. The minimum atomic E-state index is -0.184. The number of aromatic nitrogens is 4. The molecule has 0 unspecified atom stereocenters. The van der Waals surface area contributed by atoms with Crippen LogP contribution in [0.15, 0.2) is 73.2 Å². The van der Waals surface area contributed by atoms with Crippen LogP contribution in [0.1, 0.15) is 54.6 Å². The molecule has 7 heteroatoms. The van der Waals surface area contributed by atoms with E-state index >= 15 is 0 Å². The number of hydrogen-bond donors (Lipinski definition) is 2. The third-order valence-corrected chi connectivity index (χ3v) is 6.83. The van der Waals surface area contributed by atoms with Gasteiger partial charge in [0.1, 0.15) is 0 Å². The molecule has 1 amide bonds. The molecule has 2 aromatic heterocycles. The Hall–Kier alpha value is -3.71. The van der Waals surface area contributed by atoms with Gasteiger partial charge in [0.15, 0.2) is 0 Å². The Morgan fingerprint density at radius 2 is 1.81 bits per heavy atom. The first kappa shape index (κ1) is 24.0. The fraction of sp³-hybridized carbons (Fsp3) is 0.345. The van der Waals surface area contributed by atoms with Gasteiger partial charge < -0.3 is 4.90 Å². The summed E-state index contributed by atoms with van der Waals surface area (Å²) in [4.78, 5) is 20.6. The minimum Gasteiger partial charge on any atom is -0.303 e. The number of aryl methyl sites for hydroxylation is 1. The largest absolute Gasteiger partial charge is 0.303 e. The van der Waals surface area contributed by atoms with Gasteiger partial charge in [-0.05, 0) is 81.6 Å². The number of rotatable bonds is 10. The molecule has 0 spiro atoms. The highest BCUT2D eigenvalue weighted by Gasteiger charge is 2.15. The number of anilines is 1. The molecule has 0 aliphatic carbocycles. The van der Waals surface area contributed by atoms with Crippen LogP contribution < -0.4 is 5.32 Å². The number of carbonyl (C=O) groups excluding carboxylic acids is 1. The summed E-state index contributed by atoms with van der Waals surface area (Å²) in [5.74, 6) is 0.361. The number of aromatic amines is 1. The molecule has 3 heterocycles. The van der Waals surface area contributed by atoms with Crippen molar-refractivity contribution in [1.82, 2.24) is 24.6 Å². The number of para-hydroxylation sites is 1. The molecule has 0 atom stereocenters. The smallest absolute Gasteiger partial charge is 0.258 e. The zero-order chi connectivity index (χ0) is 24.6. The zero-order valence-corrected chi connectivity index (χ0v) is 20.7. The van der Waals surface area contributed by atoms with Crippen LogP contribution in [0.5, 0.6) is 0 Å². The van der Waals surface area contributed by atoms with Crippen molar-refractivity contribution >= 4 is 11.9 Å². The van der Waals surface area contributed by atoms with E-state index in [0.717, 1.165) is 35.3 Å². The van der Waals surface area contributed by atoms with Gasteiger partial charge in [0.2, 0.25) is 5.95 Å². The Labute approximate surface area is 212 Å². The van der Waals surface area contributed by atoms with Crippen molar-refractivity contribution < 1.29 is 4.79 Å². The molecule has 1 fully saturated rings. The summed E-state index contributed by atoms with van der Waals surface area (Å²) in [7, 11) is 0. The van der Waals surface area contributed by atoms with Gasteiger partial charge in [0, 0.05) is 29.2 Å². The van der Waals surface area contributed by atoms with Crippen molar-refractivity contribution in [2.45, 2.75) is 44.9 Å². The minimum absolute atomic E-state index is 0.184. The molecular weight excluding hydrogens is 448 g/mol. The number of unbranched alkanes of at least 4 members (excludes halogenated alkanes) is 2. The standard InChI is InChI=1S/C29H34N6O/c36-28(24-12-10-11-23(19-24)25-20-30-31-21-25)33-29-32-26(22-35(29)27-14-5-1-6-15-27)13-4-2-7-16-34-17-8-3-9-18-34/h1,5-6,10-12,14-15,19-22H,2-4,7-9,13,16-18H2,(H,30,31)(H,32,33,36). The second-order valence-electron chi connectivity index (χ2n) is 9.50. The van der Waals surface area contributed by atoms with Crippen molar-refractivity contribution in [3.63, 3.8) is 0 Å². The van der Waals surface area contributed by atoms with E-state index in [1.165, 1.54) is 51.7 Å². The monoisotopic (exact) mass is 482 g/mol. The van der Waals surface area contributed by atoms with E-state index in [-0.39, 0.29) is 5.91 Å². The number of carbonyl (C=O) groups is 1. The van der Waals surface area contributed by atoms with Crippen LogP contribution in [0.4, 0.5) is 5.95 Å². The second-order valence-corrected chi connectivity index (χ2v) is 9.50. The van der Waals surface area contributed by atoms with Gasteiger partial charge in [-0.25, -0.2) is 4.98 Å². The molecule has 36 heavy (non-hydrogen) atoms. The molecule has 1 aliphatic rings. The topological polar surface area (TPSA) is 78.8 Å². The molecule has 5 rings (SSSR count). The maximum atomic E-state index is 13.2. The Morgan fingerprint density at radius 3 is 2.61 bits per heavy atom. The first-order chi connectivity index (χ1) is 17.8. The number of nitrogens with zero attached hydrogens (tertiary/aromatic N) is 4. The average Bonchev–Trinajstić information content (AvgIpc) is 3.60. The van der Waals surface area contributed by atoms with E-state index in [4.69, 9.17) is 4.98 Å². The lowest BCUT2D eigenvalue weighted by molar-refractivity contribution is 0.102. The van der Waals surface area contributed by atoms with E-state index in [0.29, 0.717) is 11.5 Å². The Balaban J connectivity index is 1.25. The quantitative estimate of drug-likeness (QED) is 0.284. The number of H-pyrrole nitrogens is 1. The van der Waals surface area contributed by atoms with Crippen molar-refractivity contribution in [2.75, 3.05) is 25.0 Å². The number of likely N-dealkylation sites (tertiary alicyclic amines) is 1. The first-order valence-corrected chi connectivity index (χ1v) is 13.0. The van der Waals surface area contributed by atoms with Crippen LogP contribution in [-0.2, 0) is 6.42 Å². The van der Waals surface area contributed by atoms with Gasteiger partial charge >= 0.3 is 0 Å². The van der Waals surface area contributed by atoms with Crippen molar-refractivity contribution in [3.05, 3.63) is 84.4 Å². The van der Waals surface area contributed by atoms with E-state index in [2.05, 4.69) is 26.6 Å². The second kappa shape index (κ2) is 11.8. The van der Waals surface area contributed by atoms with Crippen LogP contribution in [0.2, 0.25) is 0 Å². The number of piperidine rings is 1. The lowest BCUT2D eigenvalue weighted by Gasteiger charge is -2.26. The molecule has 186 valence electrons. The van der Waals surface area contributed by atoms with Gasteiger partial charge in [0.25, 0.3) is 5.91 Å². The fourth-order valence-electron chi connectivity index (χ4n) is 4.85. The fourth-order valence-corrected chi connectivity index (χ4v) is 4.85. The van der Waals surface area contributed by atoms with Crippen LogP contribution in [0.25, 0.3) is 16.8 Å². The Morgan fingerprint density at radius 1 is 0.944 bits per heavy atom. The summed E-state index contributed by atoms with van der Waals surface area (Å²) in [6, 6.07) is 17.6. The molecule has 0 bridgehead atoms. The van der Waals surface area contributed by atoms with E-state index in [1.54, 1.807) is 6.20 Å². The van der Waals surface area contributed by atoms with Gasteiger partial charge in [0.05, 0.1) is 11.9 Å². The molecule has 1 saturated heterocycles. The SMILES string of the molecule is O=C(Nc1nc(CCCCCN2CCCCC2)cn1-c1ccccc1)c1cccc(-c2cn[nH]c2)c1. The predicted molar refractivity (Wildman–Crippen MR) is 143 cm³/mol. The summed E-state index contributed by atoms with van der Waals surface area (Å²) in [5.41, 5.74) is 4.43. The van der Waals surface area contributed by atoms with Crippen LogP contribution in [0, 0.1) is 0 Å². The number of imidazole rings is 1. The molecule has 0 saturated carbocycles. The van der Waals surface area contributed by atoms with E-state index < -0.39 is 0 Å². The van der Waals surface area contributed by atoms with Gasteiger partial charge in [-0.1, -0.05) is 43.2 Å². The maximum absolute atomic E-state index is 13.2. The average molecular weight is 483 g/mol.